The number of hydrogen-bond acceptors (Lipinski definition) is 4. The smallest absolute Gasteiger partial charge is 0.0895 e. The number of nitrogens with zero attached hydrogens (tertiary/aromatic N) is 1. The van der Waals surface area contributed by atoms with Gasteiger partial charge in [0.2, 0.25) is 0 Å². The van der Waals surface area contributed by atoms with Crippen LogP contribution in [0.2, 0.25) is 0 Å². The third-order valence-corrected chi connectivity index (χ3v) is 2.89. The van der Waals surface area contributed by atoms with E-state index >= 15 is 0 Å². The first-order chi connectivity index (χ1) is 7.22. The third kappa shape index (κ3) is 5.47. The quantitative estimate of drug-likeness (QED) is 0.576. The monoisotopic (exact) mass is 216 g/mol. The van der Waals surface area contributed by atoms with Gasteiger partial charge in [0.25, 0.3) is 0 Å². The Labute approximate surface area is 92.3 Å². The van der Waals surface area contributed by atoms with Gasteiger partial charge in [-0.3, -0.25) is 0 Å². The molecule has 1 heterocycles. The molecule has 0 saturated carbocycles. The molecule has 3 N–H and O–H groups in total. The summed E-state index contributed by atoms with van der Waals surface area (Å²) < 4.78 is 0. The van der Waals surface area contributed by atoms with Crippen LogP contribution < -0.4 is 5.32 Å². The fourth-order valence-corrected chi connectivity index (χ4v) is 2.00. The summed E-state index contributed by atoms with van der Waals surface area (Å²) >= 11 is 0. The summed E-state index contributed by atoms with van der Waals surface area (Å²) in [6.45, 7) is 5.88. The van der Waals surface area contributed by atoms with Crippen LogP contribution in [0.1, 0.15) is 26.2 Å². The Hall–Kier alpha value is -0.160. The highest BCUT2D eigenvalue weighted by Crippen LogP contribution is 2.08. The van der Waals surface area contributed by atoms with Crippen molar-refractivity contribution in [3.63, 3.8) is 0 Å². The minimum Gasteiger partial charge on any atom is -0.394 e. The van der Waals surface area contributed by atoms with Crippen molar-refractivity contribution < 1.29 is 10.2 Å². The van der Waals surface area contributed by atoms with Gasteiger partial charge in [-0.25, -0.2) is 0 Å². The predicted octanol–water partition coefficient (Wildman–Crippen LogP) is -0.196. The minimum atomic E-state index is -0.631. The van der Waals surface area contributed by atoms with Crippen LogP contribution in [0.3, 0.4) is 0 Å². The topological polar surface area (TPSA) is 55.7 Å². The molecule has 1 fully saturated rings. The van der Waals surface area contributed by atoms with E-state index in [1.807, 2.05) is 0 Å². The van der Waals surface area contributed by atoms with Crippen molar-refractivity contribution in [3.05, 3.63) is 0 Å². The summed E-state index contributed by atoms with van der Waals surface area (Å²) in [5, 5.41) is 21.1. The lowest BCUT2D eigenvalue weighted by molar-refractivity contribution is 0.0900. The van der Waals surface area contributed by atoms with E-state index < -0.39 is 6.10 Å². The summed E-state index contributed by atoms with van der Waals surface area (Å²) in [5.41, 5.74) is 0. The van der Waals surface area contributed by atoms with Crippen molar-refractivity contribution in [2.45, 2.75) is 38.3 Å². The van der Waals surface area contributed by atoms with Gasteiger partial charge in [-0.1, -0.05) is 6.42 Å². The molecule has 0 bridgehead atoms. The second kappa shape index (κ2) is 7.17. The Morgan fingerprint density at radius 3 is 2.53 bits per heavy atom. The largest absolute Gasteiger partial charge is 0.394 e. The predicted molar refractivity (Wildman–Crippen MR) is 60.8 cm³/mol. The summed E-state index contributed by atoms with van der Waals surface area (Å²) in [6, 6.07) is 0.379. The van der Waals surface area contributed by atoms with Crippen molar-refractivity contribution in [3.8, 4) is 0 Å². The lowest BCUT2D eigenvalue weighted by Crippen LogP contribution is -2.44. The maximum atomic E-state index is 9.19. The van der Waals surface area contributed by atoms with Crippen molar-refractivity contribution in [1.29, 1.82) is 0 Å². The number of likely N-dealkylation sites (tertiary alicyclic amines) is 1. The Morgan fingerprint density at radius 1 is 1.27 bits per heavy atom. The van der Waals surface area contributed by atoms with Gasteiger partial charge in [-0.05, 0) is 32.9 Å². The van der Waals surface area contributed by atoms with Gasteiger partial charge in [0.1, 0.15) is 0 Å². The van der Waals surface area contributed by atoms with Crippen LogP contribution in [0.5, 0.6) is 0 Å². The van der Waals surface area contributed by atoms with Crippen LogP contribution >= 0.6 is 0 Å². The molecule has 2 atom stereocenters. The van der Waals surface area contributed by atoms with Crippen molar-refractivity contribution in [2.24, 2.45) is 0 Å². The first-order valence-corrected chi connectivity index (χ1v) is 5.97. The molecule has 4 heteroatoms. The third-order valence-electron chi connectivity index (χ3n) is 2.89. The van der Waals surface area contributed by atoms with Crippen molar-refractivity contribution >= 4 is 0 Å². The van der Waals surface area contributed by atoms with E-state index in [4.69, 9.17) is 5.11 Å². The van der Waals surface area contributed by atoms with Crippen LogP contribution in [0.4, 0.5) is 0 Å². The van der Waals surface area contributed by atoms with Gasteiger partial charge in [0.05, 0.1) is 12.7 Å². The molecule has 1 aliphatic heterocycles. The zero-order valence-electron chi connectivity index (χ0n) is 9.65. The maximum Gasteiger partial charge on any atom is 0.0895 e. The van der Waals surface area contributed by atoms with E-state index in [0.29, 0.717) is 12.6 Å². The normalized spacial score (nSPS) is 22.6. The number of piperidine rings is 1. The molecule has 4 nitrogen and oxygen atoms in total. The molecule has 1 unspecified atom stereocenters. The Morgan fingerprint density at radius 2 is 1.93 bits per heavy atom. The number of hydrogen-bond donors (Lipinski definition) is 3. The van der Waals surface area contributed by atoms with Crippen molar-refractivity contribution in [2.75, 3.05) is 32.8 Å². The molecule has 0 amide bonds. The lowest BCUT2D eigenvalue weighted by Gasteiger charge is -2.29. The molecule has 0 aromatic carbocycles. The highest BCUT2D eigenvalue weighted by atomic mass is 16.3. The number of aliphatic hydroxyl groups is 2. The van der Waals surface area contributed by atoms with Gasteiger partial charge >= 0.3 is 0 Å². The molecule has 1 rings (SSSR count). The van der Waals surface area contributed by atoms with E-state index in [1.165, 1.54) is 32.4 Å². The second-order valence-electron chi connectivity index (χ2n) is 4.51. The SMILES string of the molecule is CC(CN1CCCCC1)NC[C@H](O)CO. The van der Waals surface area contributed by atoms with Gasteiger partial charge in [-0.2, -0.15) is 0 Å². The van der Waals surface area contributed by atoms with Gasteiger partial charge in [-0.15, -0.1) is 0 Å². The molecule has 90 valence electrons. The Kier molecular flexibility index (Phi) is 6.17. The Bertz CT molecular complexity index is 161. The fourth-order valence-electron chi connectivity index (χ4n) is 2.00. The van der Waals surface area contributed by atoms with Crippen LogP contribution in [-0.4, -0.2) is 60.0 Å². The van der Waals surface area contributed by atoms with E-state index in [0.717, 1.165) is 6.54 Å². The molecule has 0 aliphatic carbocycles. The molecule has 1 aliphatic rings. The highest BCUT2D eigenvalue weighted by molar-refractivity contribution is 4.72. The highest BCUT2D eigenvalue weighted by Gasteiger charge is 2.13. The standard InChI is InChI=1S/C11H24N2O2/c1-10(12-7-11(15)9-14)8-13-5-3-2-4-6-13/h10-12,14-15H,2-9H2,1H3/t10?,11-/m0/s1. The number of rotatable bonds is 6. The minimum absolute atomic E-state index is 0.163. The molecule has 1 saturated heterocycles. The van der Waals surface area contributed by atoms with Gasteiger partial charge in [0, 0.05) is 19.1 Å². The summed E-state index contributed by atoms with van der Waals surface area (Å²) in [5.74, 6) is 0. The zero-order chi connectivity index (χ0) is 11.1. The molecule has 15 heavy (non-hydrogen) atoms. The lowest BCUT2D eigenvalue weighted by atomic mass is 10.1. The average Bonchev–Trinajstić information content (AvgIpc) is 2.27. The van der Waals surface area contributed by atoms with E-state index in [1.54, 1.807) is 0 Å². The molecular formula is C11H24N2O2. The first-order valence-electron chi connectivity index (χ1n) is 5.97. The summed E-state index contributed by atoms with van der Waals surface area (Å²) in [7, 11) is 0. The molecular weight excluding hydrogens is 192 g/mol. The van der Waals surface area contributed by atoms with Crippen LogP contribution in [0.15, 0.2) is 0 Å². The van der Waals surface area contributed by atoms with Crippen LogP contribution in [0, 0.1) is 0 Å². The van der Waals surface area contributed by atoms with Crippen LogP contribution in [-0.2, 0) is 0 Å². The first kappa shape index (κ1) is 12.9. The maximum absolute atomic E-state index is 9.19. The summed E-state index contributed by atoms with van der Waals surface area (Å²) in [4.78, 5) is 2.46. The Balaban J connectivity index is 2.08. The van der Waals surface area contributed by atoms with Crippen molar-refractivity contribution in [1.82, 2.24) is 10.2 Å². The molecule has 0 aromatic rings. The molecule has 0 aromatic heterocycles. The second-order valence-corrected chi connectivity index (χ2v) is 4.51. The van der Waals surface area contributed by atoms with E-state index in [9.17, 15) is 5.11 Å². The zero-order valence-corrected chi connectivity index (χ0v) is 9.65. The summed E-state index contributed by atoms with van der Waals surface area (Å²) in [6.07, 6.45) is 3.35. The molecule has 0 spiro atoms. The van der Waals surface area contributed by atoms with Crippen LogP contribution in [0.25, 0.3) is 0 Å². The molecule has 0 radical (unpaired) electrons. The van der Waals surface area contributed by atoms with E-state index in [-0.39, 0.29) is 6.61 Å². The van der Waals surface area contributed by atoms with Gasteiger partial charge in [0.15, 0.2) is 0 Å². The fraction of sp³-hybridized carbons (Fsp3) is 1.00. The van der Waals surface area contributed by atoms with Gasteiger partial charge < -0.3 is 20.4 Å². The number of nitrogens with one attached hydrogen (secondary N) is 1. The number of aliphatic hydroxyl groups excluding tert-OH is 2. The average molecular weight is 216 g/mol. The van der Waals surface area contributed by atoms with E-state index in [2.05, 4.69) is 17.1 Å².